The molecule has 1 aromatic carbocycles. The van der Waals surface area contributed by atoms with Crippen molar-refractivity contribution < 1.29 is 22.3 Å². The molecule has 0 bridgehead atoms. The summed E-state index contributed by atoms with van der Waals surface area (Å²) in [6, 6.07) is 3.49. The summed E-state index contributed by atoms with van der Waals surface area (Å²) >= 11 is 0. The van der Waals surface area contributed by atoms with Crippen molar-refractivity contribution in [3.63, 3.8) is 0 Å². The highest BCUT2D eigenvalue weighted by Gasteiger charge is 2.22. The average molecular weight is 386 g/mol. The molecule has 0 aromatic heterocycles. The topological polar surface area (TPSA) is 75.7 Å². The van der Waals surface area contributed by atoms with Gasteiger partial charge < -0.3 is 10.1 Å². The minimum absolute atomic E-state index is 0.0366. The molecule has 0 saturated carbocycles. The predicted molar refractivity (Wildman–Crippen MR) is 98.4 cm³/mol. The van der Waals surface area contributed by atoms with Crippen LogP contribution >= 0.6 is 0 Å². The van der Waals surface area contributed by atoms with Crippen LogP contribution in [-0.4, -0.2) is 57.3 Å². The number of halogens is 1. The maximum absolute atomic E-state index is 13.9. The molecule has 0 radical (unpaired) electrons. The van der Waals surface area contributed by atoms with Gasteiger partial charge in [0.05, 0.1) is 23.2 Å². The summed E-state index contributed by atoms with van der Waals surface area (Å²) in [5, 5.41) is 2.48. The number of ether oxygens (including phenoxy) is 1. The average Bonchev–Trinajstić information content (AvgIpc) is 2.56. The maximum atomic E-state index is 13.9. The second kappa shape index (κ2) is 8.92. The molecule has 1 heterocycles. The molecule has 8 heteroatoms. The van der Waals surface area contributed by atoms with Crippen LogP contribution in [-0.2, 0) is 19.4 Å². The zero-order valence-corrected chi connectivity index (χ0v) is 16.3. The summed E-state index contributed by atoms with van der Waals surface area (Å²) in [6.07, 6.45) is 4.29. The normalized spacial score (nSPS) is 18.3. The molecule has 0 spiro atoms. The lowest BCUT2D eigenvalue weighted by Crippen LogP contribution is -2.43. The smallest absolute Gasteiger partial charge is 0.238 e. The van der Waals surface area contributed by atoms with Gasteiger partial charge in [0.1, 0.15) is 5.82 Å². The molecule has 1 amide bonds. The summed E-state index contributed by atoms with van der Waals surface area (Å²) in [5.41, 5.74) is -0.129. The summed E-state index contributed by atoms with van der Waals surface area (Å²) in [7, 11) is -3.48. The van der Waals surface area contributed by atoms with Gasteiger partial charge in [-0.2, -0.15) is 0 Å². The van der Waals surface area contributed by atoms with Crippen molar-refractivity contribution >= 4 is 21.4 Å². The number of rotatable bonds is 7. The molecular formula is C18H27FN2O4S. The van der Waals surface area contributed by atoms with Gasteiger partial charge in [0, 0.05) is 25.4 Å². The van der Waals surface area contributed by atoms with Crippen molar-refractivity contribution in [2.75, 3.05) is 31.3 Å². The number of anilines is 1. The fourth-order valence-corrected chi connectivity index (χ4v) is 3.52. The number of carbonyl (C=O) groups excluding carboxylic acids is 1. The Morgan fingerprint density at radius 3 is 2.69 bits per heavy atom. The minimum Gasteiger partial charge on any atom is -0.377 e. The van der Waals surface area contributed by atoms with E-state index in [2.05, 4.69) is 5.32 Å². The lowest BCUT2D eigenvalue weighted by Gasteiger charge is -2.32. The largest absolute Gasteiger partial charge is 0.377 e. The second-order valence-electron chi connectivity index (χ2n) is 6.97. The number of nitrogens with one attached hydrogen (secondary N) is 1. The van der Waals surface area contributed by atoms with Crippen molar-refractivity contribution in [2.45, 2.75) is 50.2 Å². The molecule has 146 valence electrons. The third-order valence-corrected chi connectivity index (χ3v) is 5.54. The van der Waals surface area contributed by atoms with Crippen LogP contribution in [0.15, 0.2) is 23.1 Å². The molecule has 1 aliphatic heterocycles. The Morgan fingerprint density at radius 1 is 1.38 bits per heavy atom. The van der Waals surface area contributed by atoms with Gasteiger partial charge in [-0.05, 0) is 51.3 Å². The van der Waals surface area contributed by atoms with Gasteiger partial charge in [-0.25, -0.2) is 12.8 Å². The summed E-state index contributed by atoms with van der Waals surface area (Å²) in [4.78, 5) is 14.3. The van der Waals surface area contributed by atoms with Crippen molar-refractivity contribution in [3.8, 4) is 0 Å². The maximum Gasteiger partial charge on any atom is 0.238 e. The second-order valence-corrected chi connectivity index (χ2v) is 8.99. The first-order valence-corrected chi connectivity index (χ1v) is 10.7. The lowest BCUT2D eigenvalue weighted by atomic mass is 10.1. The van der Waals surface area contributed by atoms with Gasteiger partial charge in [-0.15, -0.1) is 0 Å². The molecule has 1 aliphatic rings. The van der Waals surface area contributed by atoms with Gasteiger partial charge >= 0.3 is 0 Å². The van der Waals surface area contributed by atoms with Crippen molar-refractivity contribution in [2.24, 2.45) is 0 Å². The van der Waals surface area contributed by atoms with Gasteiger partial charge in [0.2, 0.25) is 5.91 Å². The Balaban J connectivity index is 2.03. The summed E-state index contributed by atoms with van der Waals surface area (Å²) in [5.74, 6) is -1.06. The van der Waals surface area contributed by atoms with E-state index in [9.17, 15) is 17.6 Å². The van der Waals surface area contributed by atoms with E-state index < -0.39 is 15.7 Å². The van der Waals surface area contributed by atoms with E-state index in [-0.39, 0.29) is 35.2 Å². The van der Waals surface area contributed by atoms with Crippen molar-refractivity contribution in [1.29, 1.82) is 0 Å². The quantitative estimate of drug-likeness (QED) is 0.729. The van der Waals surface area contributed by atoms with Gasteiger partial charge in [-0.1, -0.05) is 0 Å². The summed E-state index contributed by atoms with van der Waals surface area (Å²) < 4.78 is 42.9. The molecule has 2 rings (SSSR count). The first-order valence-electron chi connectivity index (χ1n) is 8.82. The number of hydrogen-bond donors (Lipinski definition) is 1. The lowest BCUT2D eigenvalue weighted by molar-refractivity contribution is -0.118. The van der Waals surface area contributed by atoms with E-state index in [4.69, 9.17) is 4.74 Å². The third kappa shape index (κ3) is 6.03. The predicted octanol–water partition coefficient (Wildman–Crippen LogP) is 2.45. The molecule has 0 aliphatic carbocycles. The van der Waals surface area contributed by atoms with Crippen LogP contribution in [0.1, 0.15) is 33.1 Å². The molecule has 1 fully saturated rings. The Bertz CT molecular complexity index is 731. The molecule has 1 unspecified atom stereocenters. The van der Waals surface area contributed by atoms with Crippen molar-refractivity contribution in [3.05, 3.63) is 24.0 Å². The van der Waals surface area contributed by atoms with Gasteiger partial charge in [-0.3, -0.25) is 9.69 Å². The molecule has 1 aromatic rings. The van der Waals surface area contributed by atoms with Crippen LogP contribution in [0, 0.1) is 5.82 Å². The number of benzene rings is 1. The number of nitrogens with zero attached hydrogens (tertiary/aromatic N) is 1. The first kappa shape index (κ1) is 20.8. The van der Waals surface area contributed by atoms with E-state index in [1.807, 2.05) is 18.7 Å². The van der Waals surface area contributed by atoms with Crippen molar-refractivity contribution in [1.82, 2.24) is 4.90 Å². The number of sulfone groups is 1. The number of amides is 1. The van der Waals surface area contributed by atoms with Crippen LogP contribution in [0.3, 0.4) is 0 Å². The molecular weight excluding hydrogens is 359 g/mol. The third-order valence-electron chi connectivity index (χ3n) is 4.43. The zero-order valence-electron chi connectivity index (χ0n) is 15.5. The van der Waals surface area contributed by atoms with E-state index in [1.54, 1.807) is 0 Å². The molecule has 6 nitrogen and oxygen atoms in total. The van der Waals surface area contributed by atoms with Gasteiger partial charge in [0.25, 0.3) is 0 Å². The number of carbonyl (C=O) groups is 1. The monoisotopic (exact) mass is 386 g/mol. The fraction of sp³-hybridized carbons (Fsp3) is 0.611. The highest BCUT2D eigenvalue weighted by Crippen LogP contribution is 2.20. The SMILES string of the molecule is CC(C)N(CC(=O)Nc1cc(S(C)(=O)=O)ccc1F)CC1CCCCO1. The highest BCUT2D eigenvalue weighted by atomic mass is 32.2. The van der Waals surface area contributed by atoms with E-state index in [1.165, 1.54) is 6.07 Å². The van der Waals surface area contributed by atoms with Crippen LogP contribution in [0.4, 0.5) is 10.1 Å². The van der Waals surface area contributed by atoms with E-state index in [0.29, 0.717) is 6.54 Å². The molecule has 1 atom stereocenters. The first-order chi connectivity index (χ1) is 12.2. The molecule has 1 saturated heterocycles. The summed E-state index contributed by atoms with van der Waals surface area (Å²) in [6.45, 7) is 5.44. The Labute approximate surface area is 154 Å². The standard InChI is InChI=1S/C18H27FN2O4S/c1-13(2)21(11-14-6-4-5-9-25-14)12-18(22)20-17-10-15(26(3,23)24)7-8-16(17)19/h7-8,10,13-14H,4-6,9,11-12H2,1-3H3,(H,20,22). The Kier molecular flexibility index (Phi) is 7.14. The Hall–Kier alpha value is -1.51. The van der Waals surface area contributed by atoms with E-state index in [0.717, 1.165) is 44.3 Å². The van der Waals surface area contributed by atoms with Crippen LogP contribution in [0.5, 0.6) is 0 Å². The number of hydrogen-bond acceptors (Lipinski definition) is 5. The van der Waals surface area contributed by atoms with E-state index >= 15 is 0 Å². The van der Waals surface area contributed by atoms with Crippen LogP contribution in [0.25, 0.3) is 0 Å². The zero-order chi connectivity index (χ0) is 19.3. The molecule has 26 heavy (non-hydrogen) atoms. The minimum atomic E-state index is -3.48. The fourth-order valence-electron chi connectivity index (χ4n) is 2.88. The molecule has 1 N–H and O–H groups in total. The van der Waals surface area contributed by atoms with Gasteiger partial charge in [0.15, 0.2) is 9.84 Å². The highest BCUT2D eigenvalue weighted by molar-refractivity contribution is 7.90. The Morgan fingerprint density at radius 2 is 2.12 bits per heavy atom. The van der Waals surface area contributed by atoms with Crippen LogP contribution < -0.4 is 5.32 Å². The van der Waals surface area contributed by atoms with Crippen LogP contribution in [0.2, 0.25) is 0 Å².